The smallest absolute Gasteiger partial charge is 0.226 e. The molecule has 1 heterocycles. The van der Waals surface area contributed by atoms with E-state index in [1.165, 1.54) is 19.3 Å². The van der Waals surface area contributed by atoms with Crippen LogP contribution in [0.3, 0.4) is 0 Å². The number of halogens is 2. The number of carbonyl (C=O) groups is 1. The Kier molecular flexibility index (Phi) is 10.7. The second-order valence-corrected chi connectivity index (χ2v) is 12.5. The third-order valence-corrected chi connectivity index (χ3v) is 8.49. The lowest BCUT2D eigenvalue weighted by Gasteiger charge is -2.37. The number of rotatable bonds is 10. The molecule has 0 saturated heterocycles. The zero-order chi connectivity index (χ0) is 29.4. The Morgan fingerprint density at radius 1 is 1.17 bits per heavy atom. The Bertz CT molecular complexity index is 1390. The Morgan fingerprint density at radius 3 is 2.61 bits per heavy atom. The lowest BCUT2D eigenvalue weighted by Crippen LogP contribution is -2.55. The summed E-state index contributed by atoms with van der Waals surface area (Å²) in [6.07, 6.45) is 9.48. The highest BCUT2D eigenvalue weighted by Crippen LogP contribution is 2.27. The highest BCUT2D eigenvalue weighted by atomic mass is 35.5. The Hall–Kier alpha value is -3.12. The number of amides is 1. The minimum atomic E-state index is -0.599. The zero-order valence-electron chi connectivity index (χ0n) is 23.5. The van der Waals surface area contributed by atoms with Gasteiger partial charge in [-0.3, -0.25) is 4.79 Å². The summed E-state index contributed by atoms with van der Waals surface area (Å²) in [5.74, 6) is -0.108. The monoisotopic (exact) mass is 610 g/mol. The van der Waals surface area contributed by atoms with E-state index in [9.17, 15) is 4.79 Å². The molecule has 0 aliphatic heterocycles. The summed E-state index contributed by atoms with van der Waals surface area (Å²) in [6, 6.07) is 15.5. The van der Waals surface area contributed by atoms with Crippen molar-refractivity contribution in [1.29, 1.82) is 5.26 Å². The van der Waals surface area contributed by atoms with Crippen LogP contribution in [0, 0.1) is 11.3 Å². The van der Waals surface area contributed by atoms with E-state index in [2.05, 4.69) is 26.6 Å². The predicted octanol–water partition coefficient (Wildman–Crippen LogP) is 6.26. The van der Waals surface area contributed by atoms with E-state index in [0.717, 1.165) is 29.7 Å². The van der Waals surface area contributed by atoms with Crippen LogP contribution in [0.4, 0.5) is 0 Å². The first kappa shape index (κ1) is 30.8. The van der Waals surface area contributed by atoms with Gasteiger partial charge in [0.05, 0.1) is 40.0 Å². The predicted molar refractivity (Wildman–Crippen MR) is 168 cm³/mol. The van der Waals surface area contributed by atoms with Gasteiger partial charge >= 0.3 is 0 Å². The first-order valence-corrected chi connectivity index (χ1v) is 15.1. The minimum absolute atomic E-state index is 0.108. The summed E-state index contributed by atoms with van der Waals surface area (Å²) in [5, 5.41) is 17.5. The van der Waals surface area contributed by atoms with Crippen molar-refractivity contribution in [3.8, 4) is 6.07 Å². The molecule has 3 aromatic rings. The van der Waals surface area contributed by atoms with Crippen molar-refractivity contribution in [2.75, 3.05) is 6.54 Å². The number of hydrogen-bond donors (Lipinski definition) is 2. The Labute approximate surface area is 257 Å². The molecule has 10 heteroatoms. The second-order valence-electron chi connectivity index (χ2n) is 11.3. The maximum atomic E-state index is 13.2. The summed E-state index contributed by atoms with van der Waals surface area (Å²) < 4.78 is 1.95. The van der Waals surface area contributed by atoms with Crippen LogP contribution in [0.15, 0.2) is 55.0 Å². The molecule has 4 rings (SSSR count). The molecule has 0 unspecified atom stereocenters. The van der Waals surface area contributed by atoms with E-state index in [1.807, 2.05) is 42.7 Å². The molecule has 0 radical (unpaired) electrons. The highest BCUT2D eigenvalue weighted by molar-refractivity contribution is 7.80. The van der Waals surface area contributed by atoms with Crippen molar-refractivity contribution in [3.63, 3.8) is 0 Å². The lowest BCUT2D eigenvalue weighted by molar-refractivity contribution is -0.122. The molecule has 2 aromatic carbocycles. The quantitative estimate of drug-likeness (QED) is 0.264. The Balaban J connectivity index is 1.42. The number of imidazole rings is 1. The molecule has 7 nitrogen and oxygen atoms in total. The number of aromatic nitrogens is 2. The molecule has 216 valence electrons. The SMILES string of the molecule is CC(C)(CN(Cc1cccc(Cl)c1Cl)C(=S)NC1CCCCC1)NC(=O)Cc1cncn1Cc1ccc(C#N)cc1. The lowest BCUT2D eigenvalue weighted by atomic mass is 9.96. The van der Waals surface area contributed by atoms with Gasteiger partial charge in [-0.1, -0.05) is 66.7 Å². The van der Waals surface area contributed by atoms with Crippen molar-refractivity contribution in [3.05, 3.63) is 87.4 Å². The normalized spacial score (nSPS) is 13.8. The topological polar surface area (TPSA) is 86.0 Å². The van der Waals surface area contributed by atoms with Crippen LogP contribution in [0.5, 0.6) is 0 Å². The molecule has 1 aliphatic rings. The summed E-state index contributed by atoms with van der Waals surface area (Å²) >= 11 is 18.7. The van der Waals surface area contributed by atoms with Crippen molar-refractivity contribution in [2.45, 2.75) is 77.0 Å². The van der Waals surface area contributed by atoms with Gasteiger partial charge in [0.25, 0.3) is 0 Å². The van der Waals surface area contributed by atoms with Crippen LogP contribution in [-0.2, 0) is 24.3 Å². The van der Waals surface area contributed by atoms with Gasteiger partial charge in [-0.15, -0.1) is 0 Å². The number of hydrogen-bond acceptors (Lipinski definition) is 4. The zero-order valence-corrected chi connectivity index (χ0v) is 25.8. The van der Waals surface area contributed by atoms with Gasteiger partial charge in [-0.2, -0.15) is 5.26 Å². The maximum absolute atomic E-state index is 13.2. The first-order chi connectivity index (χ1) is 19.6. The fourth-order valence-corrected chi connectivity index (χ4v) is 5.89. The van der Waals surface area contributed by atoms with E-state index >= 15 is 0 Å². The van der Waals surface area contributed by atoms with Gasteiger partial charge in [0.2, 0.25) is 5.91 Å². The number of nitrogens with one attached hydrogen (secondary N) is 2. The molecular weight excluding hydrogens is 575 g/mol. The highest BCUT2D eigenvalue weighted by Gasteiger charge is 2.28. The number of carbonyl (C=O) groups excluding carboxylic acids is 1. The largest absolute Gasteiger partial charge is 0.360 e. The Morgan fingerprint density at radius 2 is 1.90 bits per heavy atom. The van der Waals surface area contributed by atoms with Gasteiger partial charge in [0, 0.05) is 37.6 Å². The molecule has 0 bridgehead atoms. The molecule has 0 atom stereocenters. The van der Waals surface area contributed by atoms with Crippen LogP contribution in [0.1, 0.15) is 68.3 Å². The van der Waals surface area contributed by atoms with Crippen molar-refractivity contribution < 1.29 is 4.79 Å². The molecule has 41 heavy (non-hydrogen) atoms. The van der Waals surface area contributed by atoms with Gasteiger partial charge in [-0.05, 0) is 68.2 Å². The van der Waals surface area contributed by atoms with E-state index in [4.69, 9.17) is 40.7 Å². The van der Waals surface area contributed by atoms with Crippen LogP contribution in [-0.4, -0.2) is 43.6 Å². The number of nitriles is 1. The summed E-state index contributed by atoms with van der Waals surface area (Å²) in [7, 11) is 0. The third-order valence-electron chi connectivity index (χ3n) is 7.25. The van der Waals surface area contributed by atoms with Gasteiger partial charge in [-0.25, -0.2) is 4.98 Å². The van der Waals surface area contributed by atoms with Crippen molar-refractivity contribution in [2.24, 2.45) is 0 Å². The van der Waals surface area contributed by atoms with E-state index in [-0.39, 0.29) is 12.3 Å². The standard InChI is InChI=1S/C31H36Cl2N6OS/c1-31(2,37-28(40)15-26-17-35-21-39(26)18-23-13-11-22(16-34)12-14-23)20-38(19-24-7-6-10-27(32)29(24)33)30(41)36-25-8-4-3-5-9-25/h6-7,10-14,17,21,25H,3-5,8-9,15,18-20H2,1-2H3,(H,36,41)(H,37,40). The second kappa shape index (κ2) is 14.2. The van der Waals surface area contributed by atoms with Gasteiger partial charge < -0.3 is 20.1 Å². The molecule has 1 aromatic heterocycles. The van der Waals surface area contributed by atoms with E-state index in [0.29, 0.717) is 46.4 Å². The molecule has 2 N–H and O–H groups in total. The number of nitrogens with zero attached hydrogens (tertiary/aromatic N) is 4. The number of benzene rings is 2. The average molecular weight is 612 g/mol. The summed E-state index contributed by atoms with van der Waals surface area (Å²) in [4.78, 5) is 19.6. The van der Waals surface area contributed by atoms with Crippen LogP contribution < -0.4 is 10.6 Å². The fraction of sp³-hybridized carbons (Fsp3) is 0.419. The van der Waals surface area contributed by atoms with Crippen molar-refractivity contribution >= 4 is 46.4 Å². The third kappa shape index (κ3) is 8.93. The first-order valence-electron chi connectivity index (χ1n) is 13.9. The molecular formula is C31H36Cl2N6OS. The van der Waals surface area contributed by atoms with E-state index in [1.54, 1.807) is 30.7 Å². The summed E-state index contributed by atoms with van der Waals surface area (Å²) in [6.45, 7) is 5.50. The number of thiocarbonyl (C=S) groups is 1. The average Bonchev–Trinajstić information content (AvgIpc) is 3.37. The molecule has 1 amide bonds. The van der Waals surface area contributed by atoms with Crippen molar-refractivity contribution in [1.82, 2.24) is 25.1 Å². The van der Waals surface area contributed by atoms with Gasteiger partial charge in [0.15, 0.2) is 5.11 Å². The molecule has 0 spiro atoms. The molecule has 1 aliphatic carbocycles. The molecule has 1 fully saturated rings. The fourth-order valence-electron chi connectivity index (χ4n) is 5.21. The van der Waals surface area contributed by atoms with Crippen LogP contribution in [0.2, 0.25) is 10.0 Å². The molecule has 1 saturated carbocycles. The summed E-state index contributed by atoms with van der Waals surface area (Å²) in [5.41, 5.74) is 2.72. The van der Waals surface area contributed by atoms with Crippen LogP contribution in [0.25, 0.3) is 0 Å². The minimum Gasteiger partial charge on any atom is -0.360 e. The van der Waals surface area contributed by atoms with E-state index < -0.39 is 5.54 Å². The van der Waals surface area contributed by atoms with Crippen LogP contribution >= 0.6 is 35.4 Å². The van der Waals surface area contributed by atoms with Gasteiger partial charge in [0.1, 0.15) is 0 Å². The maximum Gasteiger partial charge on any atom is 0.226 e.